The maximum absolute atomic E-state index is 13.0. The van der Waals surface area contributed by atoms with Gasteiger partial charge in [0, 0.05) is 13.1 Å². The van der Waals surface area contributed by atoms with E-state index in [4.69, 9.17) is 0 Å². The van der Waals surface area contributed by atoms with Crippen LogP contribution in [0.3, 0.4) is 0 Å². The van der Waals surface area contributed by atoms with Crippen molar-refractivity contribution in [3.05, 3.63) is 65.2 Å². The number of piperidine rings is 1. The number of nitrogens with zero attached hydrogens (tertiary/aromatic N) is 2. The van der Waals surface area contributed by atoms with Crippen molar-refractivity contribution in [1.29, 1.82) is 5.26 Å². The van der Waals surface area contributed by atoms with Crippen LogP contribution < -0.4 is 0 Å². The van der Waals surface area contributed by atoms with Crippen LogP contribution in [0, 0.1) is 18.3 Å². The summed E-state index contributed by atoms with van der Waals surface area (Å²) in [7, 11) is -3.71. The van der Waals surface area contributed by atoms with Crippen molar-refractivity contribution >= 4 is 10.0 Å². The Labute approximate surface area is 162 Å². The van der Waals surface area contributed by atoms with Gasteiger partial charge in [-0.3, -0.25) is 0 Å². The highest BCUT2D eigenvalue weighted by atomic mass is 32.2. The number of halogens is 3. The number of rotatable bonds is 3. The zero-order valence-corrected chi connectivity index (χ0v) is 16.0. The molecule has 148 valence electrons. The maximum Gasteiger partial charge on any atom is 0.416 e. The average molecular weight is 408 g/mol. The Balaban J connectivity index is 1.85. The van der Waals surface area contributed by atoms with E-state index in [0.717, 1.165) is 17.7 Å². The third-order valence-corrected chi connectivity index (χ3v) is 7.10. The lowest BCUT2D eigenvalue weighted by molar-refractivity contribution is -0.137. The average Bonchev–Trinajstić information content (AvgIpc) is 2.68. The third kappa shape index (κ3) is 3.77. The largest absolute Gasteiger partial charge is 0.416 e. The van der Waals surface area contributed by atoms with E-state index in [1.807, 2.05) is 6.92 Å². The summed E-state index contributed by atoms with van der Waals surface area (Å²) in [6.07, 6.45) is -4.23. The molecule has 0 aromatic heterocycles. The first-order valence-electron chi connectivity index (χ1n) is 8.74. The summed E-state index contributed by atoms with van der Waals surface area (Å²) in [5.74, 6) is 0. The van der Waals surface area contributed by atoms with Gasteiger partial charge in [0.15, 0.2) is 0 Å². The number of sulfonamides is 1. The molecule has 0 aliphatic carbocycles. The second-order valence-electron chi connectivity index (χ2n) is 6.99. The van der Waals surface area contributed by atoms with Crippen LogP contribution in [-0.4, -0.2) is 25.8 Å². The SMILES string of the molecule is Cc1ccc(S(=O)(=O)N2CCC(C#N)(c3cccc(C(F)(F)F)c3)CC2)cc1. The minimum absolute atomic E-state index is 0.0695. The molecular weight excluding hydrogens is 389 g/mol. The molecule has 0 bridgehead atoms. The summed E-state index contributed by atoms with van der Waals surface area (Å²) < 4.78 is 66.0. The number of alkyl halides is 3. The first-order chi connectivity index (χ1) is 13.1. The first-order valence-corrected chi connectivity index (χ1v) is 10.2. The van der Waals surface area contributed by atoms with E-state index < -0.39 is 27.2 Å². The van der Waals surface area contributed by atoms with Gasteiger partial charge in [0.05, 0.1) is 21.9 Å². The van der Waals surface area contributed by atoms with E-state index >= 15 is 0 Å². The van der Waals surface area contributed by atoms with Crippen molar-refractivity contribution in [3.63, 3.8) is 0 Å². The summed E-state index contributed by atoms with van der Waals surface area (Å²) in [4.78, 5) is 0.168. The predicted octanol–water partition coefficient (Wildman–Crippen LogP) is 4.26. The summed E-state index contributed by atoms with van der Waals surface area (Å²) >= 11 is 0. The van der Waals surface area contributed by atoms with E-state index in [9.17, 15) is 26.9 Å². The lowest BCUT2D eigenvalue weighted by Crippen LogP contribution is -2.44. The summed E-state index contributed by atoms with van der Waals surface area (Å²) in [6.45, 7) is 1.99. The molecule has 28 heavy (non-hydrogen) atoms. The third-order valence-electron chi connectivity index (χ3n) is 5.19. The van der Waals surface area contributed by atoms with Crippen molar-refractivity contribution in [2.75, 3.05) is 13.1 Å². The zero-order chi connectivity index (χ0) is 20.6. The molecule has 0 N–H and O–H groups in total. The Hall–Kier alpha value is -2.37. The van der Waals surface area contributed by atoms with Gasteiger partial charge in [-0.25, -0.2) is 8.42 Å². The summed E-state index contributed by atoms with van der Waals surface area (Å²) in [5, 5.41) is 9.73. The molecular formula is C20H19F3N2O2S. The highest BCUT2D eigenvalue weighted by molar-refractivity contribution is 7.89. The molecule has 0 radical (unpaired) electrons. The molecule has 1 heterocycles. The minimum Gasteiger partial charge on any atom is -0.207 e. The number of nitriles is 1. The van der Waals surface area contributed by atoms with Gasteiger partial charge in [-0.2, -0.15) is 22.7 Å². The van der Waals surface area contributed by atoms with Crippen LogP contribution in [-0.2, 0) is 21.6 Å². The van der Waals surface area contributed by atoms with E-state index in [2.05, 4.69) is 6.07 Å². The molecule has 0 atom stereocenters. The molecule has 2 aromatic rings. The van der Waals surface area contributed by atoms with Crippen molar-refractivity contribution < 1.29 is 21.6 Å². The molecule has 1 aliphatic rings. The number of hydrogen-bond acceptors (Lipinski definition) is 3. The van der Waals surface area contributed by atoms with Crippen LogP contribution in [0.2, 0.25) is 0 Å². The molecule has 1 saturated heterocycles. The molecule has 0 saturated carbocycles. The molecule has 3 rings (SSSR count). The van der Waals surface area contributed by atoms with Crippen molar-refractivity contribution in [1.82, 2.24) is 4.31 Å². The predicted molar refractivity (Wildman–Crippen MR) is 97.9 cm³/mol. The van der Waals surface area contributed by atoms with Crippen molar-refractivity contribution in [2.24, 2.45) is 0 Å². The van der Waals surface area contributed by atoms with Gasteiger partial charge in [0.25, 0.3) is 0 Å². The van der Waals surface area contributed by atoms with E-state index in [1.54, 1.807) is 12.1 Å². The first kappa shape index (κ1) is 20.4. The van der Waals surface area contributed by atoms with Crippen LogP contribution in [0.15, 0.2) is 53.4 Å². The van der Waals surface area contributed by atoms with Crippen LogP contribution in [0.5, 0.6) is 0 Å². The maximum atomic E-state index is 13.0. The Morgan fingerprint density at radius 1 is 1.07 bits per heavy atom. The zero-order valence-electron chi connectivity index (χ0n) is 15.2. The topological polar surface area (TPSA) is 61.2 Å². The second kappa shape index (κ2) is 7.22. The van der Waals surface area contributed by atoms with Gasteiger partial charge in [0.1, 0.15) is 0 Å². The Morgan fingerprint density at radius 2 is 1.68 bits per heavy atom. The molecule has 0 spiro atoms. The van der Waals surface area contributed by atoms with E-state index in [-0.39, 0.29) is 36.4 Å². The molecule has 8 heteroatoms. The van der Waals surface area contributed by atoms with Gasteiger partial charge < -0.3 is 0 Å². The highest BCUT2D eigenvalue weighted by Gasteiger charge is 2.41. The summed E-state index contributed by atoms with van der Waals surface area (Å²) in [6, 6.07) is 13.4. The molecule has 2 aromatic carbocycles. The van der Waals surface area contributed by atoms with Crippen molar-refractivity contribution in [2.45, 2.75) is 36.3 Å². The van der Waals surface area contributed by atoms with Crippen LogP contribution in [0.25, 0.3) is 0 Å². The fourth-order valence-electron chi connectivity index (χ4n) is 3.43. The molecule has 1 aliphatic heterocycles. The Kier molecular flexibility index (Phi) is 5.26. The monoisotopic (exact) mass is 408 g/mol. The van der Waals surface area contributed by atoms with Gasteiger partial charge in [-0.05, 0) is 43.5 Å². The Bertz CT molecular complexity index is 1000. The molecule has 4 nitrogen and oxygen atoms in total. The standard InChI is InChI=1S/C20H19F3N2O2S/c1-15-5-7-18(8-6-15)28(26,27)25-11-9-19(14-24,10-12-25)16-3-2-4-17(13-16)20(21,22)23/h2-8,13H,9-12H2,1H3. The fourth-order valence-corrected chi connectivity index (χ4v) is 4.87. The molecule has 1 fully saturated rings. The highest BCUT2D eigenvalue weighted by Crippen LogP contribution is 2.39. The van der Waals surface area contributed by atoms with Gasteiger partial charge >= 0.3 is 6.18 Å². The Morgan fingerprint density at radius 3 is 2.21 bits per heavy atom. The van der Waals surface area contributed by atoms with Crippen LogP contribution >= 0.6 is 0 Å². The quantitative estimate of drug-likeness (QED) is 0.762. The number of hydrogen-bond donors (Lipinski definition) is 0. The normalized spacial score (nSPS) is 17.8. The second-order valence-corrected chi connectivity index (χ2v) is 8.93. The van der Waals surface area contributed by atoms with Gasteiger partial charge in [-0.15, -0.1) is 0 Å². The van der Waals surface area contributed by atoms with Gasteiger partial charge in [0.2, 0.25) is 10.0 Å². The van der Waals surface area contributed by atoms with Crippen LogP contribution in [0.4, 0.5) is 13.2 Å². The smallest absolute Gasteiger partial charge is 0.207 e. The van der Waals surface area contributed by atoms with Gasteiger partial charge in [-0.1, -0.05) is 35.9 Å². The van der Waals surface area contributed by atoms with E-state index in [0.29, 0.717) is 0 Å². The summed E-state index contributed by atoms with van der Waals surface area (Å²) in [5.41, 5.74) is -0.738. The fraction of sp³-hybridized carbons (Fsp3) is 0.350. The van der Waals surface area contributed by atoms with Crippen LogP contribution in [0.1, 0.15) is 29.5 Å². The number of benzene rings is 2. The lowest BCUT2D eigenvalue weighted by atomic mass is 9.74. The minimum atomic E-state index is -4.50. The van der Waals surface area contributed by atoms with Crippen molar-refractivity contribution in [3.8, 4) is 6.07 Å². The van der Waals surface area contributed by atoms with E-state index in [1.165, 1.54) is 28.6 Å². The molecule has 0 amide bonds. The lowest BCUT2D eigenvalue weighted by Gasteiger charge is -2.37. The number of aryl methyl sites for hydroxylation is 1. The molecule has 0 unspecified atom stereocenters.